The average molecular weight is 394 g/mol. The van der Waals surface area contributed by atoms with E-state index in [1.54, 1.807) is 12.1 Å². The van der Waals surface area contributed by atoms with Crippen LogP contribution in [-0.2, 0) is 28.0 Å². The summed E-state index contributed by atoms with van der Waals surface area (Å²) in [6.45, 7) is 6.00. The maximum absolute atomic E-state index is 11.1. The molecule has 2 heterocycles. The SMILES string of the molecule is CCCCn1cc[n+](C[C@@H]2CCC(=O)N2)c1.Cc1ccc(S(=O)(=O)[O-])cc1. The molecule has 1 atom stereocenters. The maximum Gasteiger partial charge on any atom is 0.243 e. The normalized spacial score (nSPS) is 16.6. The molecule has 0 radical (unpaired) electrons. The maximum atomic E-state index is 11.1. The number of aromatic nitrogens is 2. The third-order valence-electron chi connectivity index (χ3n) is 4.34. The number of carbonyl (C=O) groups is 1. The highest BCUT2D eigenvalue weighted by Crippen LogP contribution is 2.08. The predicted molar refractivity (Wildman–Crippen MR) is 99.8 cm³/mol. The van der Waals surface area contributed by atoms with Crippen molar-refractivity contribution in [1.82, 2.24) is 9.88 Å². The van der Waals surface area contributed by atoms with Crippen molar-refractivity contribution in [1.29, 1.82) is 0 Å². The molecule has 1 aliphatic heterocycles. The molecule has 1 aromatic carbocycles. The number of hydrogen-bond donors (Lipinski definition) is 1. The first-order valence-electron chi connectivity index (χ1n) is 9.14. The molecule has 0 bridgehead atoms. The minimum Gasteiger partial charge on any atom is -0.744 e. The van der Waals surface area contributed by atoms with Gasteiger partial charge in [0.15, 0.2) is 0 Å². The average Bonchev–Trinajstić information content (AvgIpc) is 3.22. The first kappa shape index (κ1) is 21.1. The van der Waals surface area contributed by atoms with Gasteiger partial charge in [0.1, 0.15) is 29.1 Å². The minimum absolute atomic E-state index is 0.178. The molecule has 1 fully saturated rings. The largest absolute Gasteiger partial charge is 0.744 e. The monoisotopic (exact) mass is 393 g/mol. The zero-order chi connectivity index (χ0) is 19.9. The molecule has 3 rings (SSSR count). The van der Waals surface area contributed by atoms with Gasteiger partial charge in [0.25, 0.3) is 0 Å². The molecular weight excluding hydrogens is 366 g/mol. The summed E-state index contributed by atoms with van der Waals surface area (Å²) in [7, 11) is -4.27. The lowest BCUT2D eigenvalue weighted by molar-refractivity contribution is -0.698. The Balaban J connectivity index is 0.000000208. The van der Waals surface area contributed by atoms with E-state index >= 15 is 0 Å². The van der Waals surface area contributed by atoms with Crippen LogP contribution in [0.2, 0.25) is 0 Å². The molecule has 8 heteroatoms. The van der Waals surface area contributed by atoms with Crippen LogP contribution in [0.1, 0.15) is 38.2 Å². The molecule has 1 N–H and O–H groups in total. The third kappa shape index (κ3) is 7.15. The second-order valence-electron chi connectivity index (χ2n) is 6.77. The molecule has 1 aliphatic rings. The van der Waals surface area contributed by atoms with E-state index in [1.807, 2.05) is 6.92 Å². The lowest BCUT2D eigenvalue weighted by Gasteiger charge is -2.05. The van der Waals surface area contributed by atoms with Crippen LogP contribution in [0.3, 0.4) is 0 Å². The second-order valence-corrected chi connectivity index (χ2v) is 8.15. The van der Waals surface area contributed by atoms with Gasteiger partial charge in [0.05, 0.1) is 17.5 Å². The van der Waals surface area contributed by atoms with Crippen LogP contribution in [0.25, 0.3) is 0 Å². The van der Waals surface area contributed by atoms with Crippen molar-refractivity contribution in [3.8, 4) is 0 Å². The van der Waals surface area contributed by atoms with Crippen LogP contribution in [0.5, 0.6) is 0 Å². The van der Waals surface area contributed by atoms with Crippen LogP contribution >= 0.6 is 0 Å². The molecule has 148 valence electrons. The van der Waals surface area contributed by atoms with E-state index in [-0.39, 0.29) is 10.8 Å². The van der Waals surface area contributed by atoms with Gasteiger partial charge in [-0.2, -0.15) is 0 Å². The van der Waals surface area contributed by atoms with Gasteiger partial charge in [0.2, 0.25) is 12.2 Å². The number of benzene rings is 1. The minimum atomic E-state index is -4.27. The highest BCUT2D eigenvalue weighted by Gasteiger charge is 2.22. The number of carbonyl (C=O) groups excluding carboxylic acids is 1. The Labute approximate surface area is 160 Å². The van der Waals surface area contributed by atoms with E-state index in [0.717, 1.165) is 25.1 Å². The zero-order valence-corrected chi connectivity index (χ0v) is 16.6. The van der Waals surface area contributed by atoms with Crippen molar-refractivity contribution < 1.29 is 22.3 Å². The standard InChI is InChI=1S/C12H19N3O.C7H8O3S/c1-2-3-6-14-7-8-15(10-14)9-11-4-5-12(16)13-11;1-6-2-4-7(5-3-6)11(8,9)10/h7-8,10-11H,2-6,9H2,1H3;2-5H,1H3,(H,8,9,10)/t11-;/m0./s1. The fourth-order valence-electron chi connectivity index (χ4n) is 2.79. The summed E-state index contributed by atoms with van der Waals surface area (Å²) in [5.41, 5.74) is 0.928. The number of nitrogens with one attached hydrogen (secondary N) is 1. The van der Waals surface area contributed by atoms with Gasteiger partial charge in [-0.05, 0) is 31.9 Å². The molecule has 0 spiro atoms. The molecule has 0 aliphatic carbocycles. The van der Waals surface area contributed by atoms with E-state index in [4.69, 9.17) is 0 Å². The van der Waals surface area contributed by atoms with Gasteiger partial charge in [-0.3, -0.25) is 4.79 Å². The topological polar surface area (TPSA) is 95.1 Å². The van der Waals surface area contributed by atoms with Crippen molar-refractivity contribution in [2.75, 3.05) is 0 Å². The summed E-state index contributed by atoms with van der Waals surface area (Å²) in [6, 6.07) is 6.10. The van der Waals surface area contributed by atoms with E-state index in [0.29, 0.717) is 12.5 Å². The Morgan fingerprint density at radius 1 is 1.30 bits per heavy atom. The van der Waals surface area contributed by atoms with Gasteiger partial charge >= 0.3 is 0 Å². The van der Waals surface area contributed by atoms with Crippen LogP contribution in [-0.4, -0.2) is 29.5 Å². The molecule has 7 nitrogen and oxygen atoms in total. The van der Waals surface area contributed by atoms with Crippen molar-refractivity contribution in [2.45, 2.75) is 63.6 Å². The highest BCUT2D eigenvalue weighted by molar-refractivity contribution is 7.85. The Kier molecular flexibility index (Phi) is 7.55. The molecule has 0 unspecified atom stereocenters. The molecule has 27 heavy (non-hydrogen) atoms. The molecular formula is C19H27N3O4S. The van der Waals surface area contributed by atoms with Gasteiger partial charge < -0.3 is 9.87 Å². The number of amides is 1. The first-order chi connectivity index (χ1) is 12.8. The molecule has 1 amide bonds. The number of hydrogen-bond acceptors (Lipinski definition) is 4. The fourth-order valence-corrected chi connectivity index (χ4v) is 3.26. The van der Waals surface area contributed by atoms with Crippen molar-refractivity contribution in [2.24, 2.45) is 0 Å². The van der Waals surface area contributed by atoms with Gasteiger partial charge in [-0.15, -0.1) is 0 Å². The quantitative estimate of drug-likeness (QED) is 0.597. The lowest BCUT2D eigenvalue weighted by atomic mass is 10.2. The summed E-state index contributed by atoms with van der Waals surface area (Å²) in [6.07, 6.45) is 10.4. The summed E-state index contributed by atoms with van der Waals surface area (Å²) in [5, 5.41) is 2.99. The molecule has 1 saturated heterocycles. The number of imidazole rings is 1. The van der Waals surface area contributed by atoms with E-state index in [9.17, 15) is 17.8 Å². The van der Waals surface area contributed by atoms with Crippen LogP contribution < -0.4 is 9.88 Å². The van der Waals surface area contributed by atoms with Crippen molar-refractivity contribution in [3.05, 3.63) is 48.5 Å². The summed E-state index contributed by atoms with van der Waals surface area (Å²) in [4.78, 5) is 10.9. The Bertz CT molecular complexity index is 844. The van der Waals surface area contributed by atoms with Crippen molar-refractivity contribution >= 4 is 16.0 Å². The Morgan fingerprint density at radius 2 is 2.00 bits per heavy atom. The van der Waals surface area contributed by atoms with Crippen LogP contribution in [0, 0.1) is 6.92 Å². The zero-order valence-electron chi connectivity index (χ0n) is 15.8. The molecule has 1 aromatic heterocycles. The highest BCUT2D eigenvalue weighted by atomic mass is 32.2. The number of unbranched alkanes of at least 4 members (excludes halogenated alkanes) is 1. The molecule has 2 aromatic rings. The van der Waals surface area contributed by atoms with Crippen LogP contribution in [0.4, 0.5) is 0 Å². The number of aryl methyl sites for hydroxylation is 2. The molecule has 0 saturated carbocycles. The van der Waals surface area contributed by atoms with E-state index < -0.39 is 10.1 Å². The Hall–Kier alpha value is -2.19. The Morgan fingerprint density at radius 3 is 2.56 bits per heavy atom. The second kappa shape index (κ2) is 9.66. The summed E-state index contributed by atoms with van der Waals surface area (Å²) in [5.74, 6) is 0.191. The van der Waals surface area contributed by atoms with E-state index in [1.165, 1.54) is 25.0 Å². The lowest BCUT2D eigenvalue weighted by Crippen LogP contribution is -2.42. The van der Waals surface area contributed by atoms with Crippen molar-refractivity contribution in [3.63, 3.8) is 0 Å². The van der Waals surface area contributed by atoms with Gasteiger partial charge in [0, 0.05) is 6.42 Å². The van der Waals surface area contributed by atoms with E-state index in [2.05, 4.69) is 40.1 Å². The predicted octanol–water partition coefficient (Wildman–Crippen LogP) is 1.75. The summed E-state index contributed by atoms with van der Waals surface area (Å²) < 4.78 is 35.5. The van der Waals surface area contributed by atoms with Gasteiger partial charge in [-0.1, -0.05) is 31.0 Å². The fraction of sp³-hybridized carbons (Fsp3) is 0.474. The smallest absolute Gasteiger partial charge is 0.243 e. The third-order valence-corrected chi connectivity index (χ3v) is 5.19. The summed E-state index contributed by atoms with van der Waals surface area (Å²) >= 11 is 0. The number of rotatable bonds is 6. The van der Waals surface area contributed by atoms with Gasteiger partial charge in [-0.25, -0.2) is 17.6 Å². The number of nitrogens with zero attached hydrogens (tertiary/aromatic N) is 2. The van der Waals surface area contributed by atoms with Crippen LogP contribution in [0.15, 0.2) is 47.9 Å². The first-order valence-corrected chi connectivity index (χ1v) is 10.6.